The number of halogens is 2. The smallest absolute Gasteiger partial charge is 0.248 e. The van der Waals surface area contributed by atoms with Crippen molar-refractivity contribution in [3.8, 4) is 22.8 Å². The maximum atomic E-state index is 13.3. The highest BCUT2D eigenvalue weighted by Gasteiger charge is 2.13. The van der Waals surface area contributed by atoms with Crippen LogP contribution in [0.15, 0.2) is 93.8 Å². The monoisotopic (exact) mass is 458 g/mol. The Morgan fingerprint density at radius 1 is 0.970 bits per heavy atom. The Balaban J connectivity index is 1.30. The first-order chi connectivity index (χ1) is 16.0. The summed E-state index contributed by atoms with van der Waals surface area (Å²) in [6.07, 6.45) is 3.00. The average molecular weight is 459 g/mol. The molecule has 0 bridgehead atoms. The molecule has 0 unspecified atom stereocenters. The molecule has 0 saturated carbocycles. The van der Waals surface area contributed by atoms with Crippen LogP contribution in [0.5, 0.6) is 0 Å². The molecule has 0 aliphatic heterocycles. The first kappa shape index (κ1) is 20.7. The number of amides is 1. The Morgan fingerprint density at radius 2 is 1.82 bits per heavy atom. The minimum Gasteiger partial charge on any atom is -0.457 e. The van der Waals surface area contributed by atoms with Crippen molar-refractivity contribution >= 4 is 40.4 Å². The minimum absolute atomic E-state index is 0.202. The summed E-state index contributed by atoms with van der Waals surface area (Å²) in [6.45, 7) is 0. The Morgan fingerprint density at radius 3 is 2.64 bits per heavy atom. The lowest BCUT2D eigenvalue weighted by Crippen LogP contribution is -2.07. The number of hydrogen-bond acceptors (Lipinski definition) is 4. The van der Waals surface area contributed by atoms with Gasteiger partial charge in [0.15, 0.2) is 5.58 Å². The maximum Gasteiger partial charge on any atom is 0.248 e. The third kappa shape index (κ3) is 4.56. The number of fused-ring (bicyclic) bond motifs is 1. The van der Waals surface area contributed by atoms with E-state index in [0.717, 1.165) is 11.3 Å². The number of nitrogens with zero attached hydrogens (tertiary/aromatic N) is 1. The van der Waals surface area contributed by atoms with Gasteiger partial charge in [-0.1, -0.05) is 41.9 Å². The summed E-state index contributed by atoms with van der Waals surface area (Å²) >= 11 is 6.10. The van der Waals surface area contributed by atoms with E-state index >= 15 is 0 Å². The maximum absolute atomic E-state index is 13.3. The predicted molar refractivity (Wildman–Crippen MR) is 126 cm³/mol. The quantitative estimate of drug-likeness (QED) is 0.283. The Labute approximate surface area is 193 Å². The van der Waals surface area contributed by atoms with Gasteiger partial charge in [-0.05, 0) is 54.6 Å². The summed E-state index contributed by atoms with van der Waals surface area (Å²) in [6, 6.07) is 22.5. The third-order valence-electron chi connectivity index (χ3n) is 4.90. The van der Waals surface area contributed by atoms with Gasteiger partial charge in [0.25, 0.3) is 0 Å². The van der Waals surface area contributed by atoms with Crippen LogP contribution in [0.1, 0.15) is 5.76 Å². The zero-order chi connectivity index (χ0) is 22.8. The number of carbonyl (C=O) groups is 1. The Hall–Kier alpha value is -4.16. The molecule has 5 rings (SSSR count). The molecule has 1 amide bonds. The molecule has 0 atom stereocenters. The second kappa shape index (κ2) is 8.76. The van der Waals surface area contributed by atoms with Crippen molar-refractivity contribution in [1.29, 1.82) is 0 Å². The van der Waals surface area contributed by atoms with Gasteiger partial charge in [-0.3, -0.25) is 4.79 Å². The highest BCUT2D eigenvalue weighted by atomic mass is 35.5. The predicted octanol–water partition coefficient (Wildman–Crippen LogP) is 7.20. The van der Waals surface area contributed by atoms with Crippen molar-refractivity contribution in [2.45, 2.75) is 0 Å². The molecule has 0 aliphatic rings. The van der Waals surface area contributed by atoms with E-state index in [1.54, 1.807) is 30.3 Å². The SMILES string of the molecule is O=C(/C=C/c1ccc(-c2ccccc2)o1)Nc1ccc2oc(-c3ccc(F)cc3Cl)nc2c1. The van der Waals surface area contributed by atoms with Gasteiger partial charge < -0.3 is 14.2 Å². The molecule has 0 spiro atoms. The zero-order valence-electron chi connectivity index (χ0n) is 17.1. The van der Waals surface area contributed by atoms with E-state index in [2.05, 4.69) is 10.3 Å². The van der Waals surface area contributed by atoms with Crippen LogP contribution < -0.4 is 5.32 Å². The normalized spacial score (nSPS) is 11.3. The molecule has 1 N–H and O–H groups in total. The summed E-state index contributed by atoms with van der Waals surface area (Å²) < 4.78 is 24.8. The molecular formula is C26H16ClFN2O3. The lowest BCUT2D eigenvalue weighted by Gasteiger charge is -2.00. The first-order valence-corrected chi connectivity index (χ1v) is 10.4. The number of oxazole rings is 1. The van der Waals surface area contributed by atoms with Crippen molar-refractivity contribution < 1.29 is 18.0 Å². The van der Waals surface area contributed by atoms with E-state index in [1.807, 2.05) is 36.4 Å². The molecule has 0 fully saturated rings. The lowest BCUT2D eigenvalue weighted by molar-refractivity contribution is -0.111. The van der Waals surface area contributed by atoms with Crippen LogP contribution in [-0.4, -0.2) is 10.9 Å². The van der Waals surface area contributed by atoms with Crippen molar-refractivity contribution in [1.82, 2.24) is 4.98 Å². The number of furan rings is 1. The molecule has 2 aromatic heterocycles. The van der Waals surface area contributed by atoms with Gasteiger partial charge in [-0.2, -0.15) is 0 Å². The Bertz CT molecular complexity index is 1490. The van der Waals surface area contributed by atoms with Crippen LogP contribution >= 0.6 is 11.6 Å². The van der Waals surface area contributed by atoms with Gasteiger partial charge in [0.2, 0.25) is 11.8 Å². The molecule has 33 heavy (non-hydrogen) atoms. The first-order valence-electron chi connectivity index (χ1n) is 10.1. The summed E-state index contributed by atoms with van der Waals surface area (Å²) in [5.74, 6) is 0.799. The third-order valence-corrected chi connectivity index (χ3v) is 5.21. The van der Waals surface area contributed by atoms with Crippen molar-refractivity contribution in [2.75, 3.05) is 5.32 Å². The van der Waals surface area contributed by atoms with Crippen LogP contribution in [0.3, 0.4) is 0 Å². The van der Waals surface area contributed by atoms with E-state index in [9.17, 15) is 9.18 Å². The second-order valence-electron chi connectivity index (χ2n) is 7.22. The van der Waals surface area contributed by atoms with Gasteiger partial charge in [0.1, 0.15) is 22.9 Å². The van der Waals surface area contributed by atoms with E-state index in [1.165, 1.54) is 24.3 Å². The minimum atomic E-state index is -0.441. The average Bonchev–Trinajstić information content (AvgIpc) is 3.45. The van der Waals surface area contributed by atoms with Crippen LogP contribution in [0.4, 0.5) is 10.1 Å². The van der Waals surface area contributed by atoms with Gasteiger partial charge in [0, 0.05) is 17.3 Å². The van der Waals surface area contributed by atoms with E-state index in [-0.39, 0.29) is 16.8 Å². The van der Waals surface area contributed by atoms with E-state index < -0.39 is 5.82 Å². The number of carbonyl (C=O) groups excluding carboxylic acids is 1. The molecule has 5 aromatic rings. The highest BCUT2D eigenvalue weighted by molar-refractivity contribution is 6.33. The molecule has 162 valence electrons. The molecule has 0 radical (unpaired) electrons. The van der Waals surface area contributed by atoms with Crippen LogP contribution in [0.25, 0.3) is 40.0 Å². The van der Waals surface area contributed by atoms with E-state index in [0.29, 0.717) is 28.1 Å². The summed E-state index contributed by atoms with van der Waals surface area (Å²) in [5, 5.41) is 2.99. The molecule has 0 aliphatic carbocycles. The van der Waals surface area contributed by atoms with Crippen LogP contribution in [-0.2, 0) is 4.79 Å². The molecular weight excluding hydrogens is 443 g/mol. The molecule has 3 aromatic carbocycles. The largest absolute Gasteiger partial charge is 0.457 e. The van der Waals surface area contributed by atoms with Gasteiger partial charge in [-0.15, -0.1) is 0 Å². The number of nitrogens with one attached hydrogen (secondary N) is 1. The van der Waals surface area contributed by atoms with Crippen LogP contribution in [0, 0.1) is 5.82 Å². The van der Waals surface area contributed by atoms with Gasteiger partial charge in [0.05, 0.1) is 10.6 Å². The standard InChI is InChI=1S/C26H16ClFN2O3/c27-21-14-17(28)6-10-20(21)26-30-22-15-18(7-11-24(22)33-26)29-25(31)13-9-19-8-12-23(32-19)16-4-2-1-3-5-16/h1-15H,(H,29,31)/b13-9+. The lowest BCUT2D eigenvalue weighted by atomic mass is 10.2. The summed E-state index contributed by atoms with van der Waals surface area (Å²) in [4.78, 5) is 16.8. The second-order valence-corrected chi connectivity index (χ2v) is 7.62. The van der Waals surface area contributed by atoms with Gasteiger partial charge in [-0.25, -0.2) is 9.37 Å². The fraction of sp³-hybridized carbons (Fsp3) is 0. The number of benzene rings is 3. The number of anilines is 1. The van der Waals surface area contributed by atoms with Crippen molar-refractivity contribution in [3.05, 3.63) is 102 Å². The van der Waals surface area contributed by atoms with Gasteiger partial charge >= 0.3 is 0 Å². The fourth-order valence-corrected chi connectivity index (χ4v) is 3.57. The summed E-state index contributed by atoms with van der Waals surface area (Å²) in [5.41, 5.74) is 3.04. The number of aromatic nitrogens is 1. The number of hydrogen-bond donors (Lipinski definition) is 1. The summed E-state index contributed by atoms with van der Waals surface area (Å²) in [7, 11) is 0. The van der Waals surface area contributed by atoms with Crippen LogP contribution in [0.2, 0.25) is 5.02 Å². The Kier molecular flexibility index (Phi) is 5.50. The number of rotatable bonds is 5. The topological polar surface area (TPSA) is 68.3 Å². The molecule has 2 heterocycles. The zero-order valence-corrected chi connectivity index (χ0v) is 17.8. The van der Waals surface area contributed by atoms with E-state index in [4.69, 9.17) is 20.4 Å². The highest BCUT2D eigenvalue weighted by Crippen LogP contribution is 2.31. The fourth-order valence-electron chi connectivity index (χ4n) is 3.33. The van der Waals surface area contributed by atoms with Crippen molar-refractivity contribution in [2.24, 2.45) is 0 Å². The van der Waals surface area contributed by atoms with Crippen molar-refractivity contribution in [3.63, 3.8) is 0 Å². The molecule has 0 saturated heterocycles. The molecule has 7 heteroatoms. The molecule has 5 nitrogen and oxygen atoms in total.